The number of alkyl carbamates (subject to hydrolysis) is 1. The van der Waals surface area contributed by atoms with Crippen molar-refractivity contribution in [2.24, 2.45) is 7.05 Å². The minimum Gasteiger partial charge on any atom is -0.453 e. The van der Waals surface area contributed by atoms with E-state index in [4.69, 9.17) is 0 Å². The molecule has 1 amide bonds. The molecule has 1 heterocycles. The van der Waals surface area contributed by atoms with Gasteiger partial charge in [-0.1, -0.05) is 0 Å². The molecule has 0 bridgehead atoms. The number of hydrogen-bond acceptors (Lipinski definition) is 3. The van der Waals surface area contributed by atoms with Gasteiger partial charge >= 0.3 is 6.09 Å². The molecule has 0 spiro atoms. The Morgan fingerprint density at radius 3 is 3.08 bits per heavy atom. The zero-order valence-electron chi connectivity index (χ0n) is 7.78. The Hall–Kier alpha value is -1.52. The second kappa shape index (κ2) is 4.49. The molecule has 72 valence electrons. The predicted octanol–water partition coefficient (Wildman–Crippen LogP) is 0.319. The Bertz CT molecular complexity index is 283. The van der Waals surface area contributed by atoms with Crippen molar-refractivity contribution in [1.29, 1.82) is 0 Å². The fourth-order valence-corrected chi connectivity index (χ4v) is 0.961. The van der Waals surface area contributed by atoms with Gasteiger partial charge in [0.15, 0.2) is 0 Å². The standard InChI is InChI=1S/C8H13N3O2/c1-11-6-4-7(10-11)3-5-9-8(12)13-2/h4,6H,3,5H2,1-2H3,(H,9,12). The van der Waals surface area contributed by atoms with Crippen molar-refractivity contribution in [3.63, 3.8) is 0 Å². The first-order chi connectivity index (χ1) is 6.22. The maximum atomic E-state index is 10.6. The lowest BCUT2D eigenvalue weighted by molar-refractivity contribution is 0.171. The van der Waals surface area contributed by atoms with Crippen molar-refractivity contribution in [2.75, 3.05) is 13.7 Å². The van der Waals surface area contributed by atoms with Gasteiger partial charge in [-0.05, 0) is 6.07 Å². The molecule has 0 saturated carbocycles. The van der Waals surface area contributed by atoms with Gasteiger partial charge < -0.3 is 10.1 Å². The Balaban J connectivity index is 2.24. The Morgan fingerprint density at radius 1 is 1.77 bits per heavy atom. The van der Waals surface area contributed by atoms with Crippen LogP contribution in [0.25, 0.3) is 0 Å². The van der Waals surface area contributed by atoms with Crippen molar-refractivity contribution in [2.45, 2.75) is 6.42 Å². The van der Waals surface area contributed by atoms with Crippen LogP contribution in [-0.4, -0.2) is 29.5 Å². The number of methoxy groups -OCH3 is 1. The molecule has 5 heteroatoms. The molecule has 0 fully saturated rings. The Labute approximate surface area is 76.7 Å². The van der Waals surface area contributed by atoms with E-state index < -0.39 is 6.09 Å². The second-order valence-electron chi connectivity index (χ2n) is 2.65. The number of amides is 1. The molecule has 0 aliphatic heterocycles. The third-order valence-corrected chi connectivity index (χ3v) is 1.60. The highest BCUT2D eigenvalue weighted by molar-refractivity contribution is 5.66. The molecule has 5 nitrogen and oxygen atoms in total. The van der Waals surface area contributed by atoms with E-state index in [1.165, 1.54) is 7.11 Å². The fourth-order valence-electron chi connectivity index (χ4n) is 0.961. The van der Waals surface area contributed by atoms with Gasteiger partial charge in [-0.2, -0.15) is 5.10 Å². The van der Waals surface area contributed by atoms with Crippen LogP contribution in [0.15, 0.2) is 12.3 Å². The van der Waals surface area contributed by atoms with Crippen molar-refractivity contribution < 1.29 is 9.53 Å². The van der Waals surface area contributed by atoms with Gasteiger partial charge in [0.05, 0.1) is 12.8 Å². The number of ether oxygens (including phenoxy) is 1. The second-order valence-corrected chi connectivity index (χ2v) is 2.65. The highest BCUT2D eigenvalue weighted by atomic mass is 16.5. The molecule has 0 radical (unpaired) electrons. The third kappa shape index (κ3) is 3.14. The van der Waals surface area contributed by atoms with E-state index >= 15 is 0 Å². The Kier molecular flexibility index (Phi) is 3.31. The van der Waals surface area contributed by atoms with E-state index in [1.807, 2.05) is 19.3 Å². The largest absolute Gasteiger partial charge is 0.453 e. The SMILES string of the molecule is COC(=O)NCCc1ccn(C)n1. The maximum Gasteiger partial charge on any atom is 0.406 e. The first kappa shape index (κ1) is 9.57. The average molecular weight is 183 g/mol. The van der Waals surface area contributed by atoms with Crippen LogP contribution < -0.4 is 5.32 Å². The van der Waals surface area contributed by atoms with Gasteiger partial charge in [-0.3, -0.25) is 4.68 Å². The monoisotopic (exact) mass is 183 g/mol. The molecule has 0 unspecified atom stereocenters. The summed E-state index contributed by atoms with van der Waals surface area (Å²) in [5.74, 6) is 0. The molecule has 1 N–H and O–H groups in total. The molecule has 0 aliphatic rings. The summed E-state index contributed by atoms with van der Waals surface area (Å²) >= 11 is 0. The van der Waals surface area contributed by atoms with Crippen LogP contribution >= 0.6 is 0 Å². The molecule has 1 aromatic rings. The first-order valence-electron chi connectivity index (χ1n) is 4.02. The average Bonchev–Trinajstić information content (AvgIpc) is 2.51. The highest BCUT2D eigenvalue weighted by Crippen LogP contribution is 1.93. The maximum absolute atomic E-state index is 10.6. The molecular formula is C8H13N3O2. The summed E-state index contributed by atoms with van der Waals surface area (Å²) in [5, 5.41) is 6.74. The van der Waals surface area contributed by atoms with E-state index in [-0.39, 0.29) is 0 Å². The normalized spacial score (nSPS) is 9.69. The van der Waals surface area contributed by atoms with E-state index in [1.54, 1.807) is 4.68 Å². The number of rotatable bonds is 3. The van der Waals surface area contributed by atoms with Crippen LogP contribution in [0.1, 0.15) is 5.69 Å². The van der Waals surface area contributed by atoms with Crippen LogP contribution in [0.5, 0.6) is 0 Å². The number of aryl methyl sites for hydroxylation is 1. The molecule has 0 atom stereocenters. The molecule has 0 saturated heterocycles. The van der Waals surface area contributed by atoms with Crippen molar-refractivity contribution in [3.8, 4) is 0 Å². The van der Waals surface area contributed by atoms with Gasteiger partial charge in [-0.25, -0.2) is 4.79 Å². The minimum atomic E-state index is -0.407. The lowest BCUT2D eigenvalue weighted by Gasteiger charge is -2.00. The van der Waals surface area contributed by atoms with Crippen LogP contribution in [0, 0.1) is 0 Å². The van der Waals surface area contributed by atoms with Gasteiger partial charge in [-0.15, -0.1) is 0 Å². The summed E-state index contributed by atoms with van der Waals surface area (Å²) in [6.45, 7) is 0.545. The zero-order chi connectivity index (χ0) is 9.68. The highest BCUT2D eigenvalue weighted by Gasteiger charge is 1.99. The number of nitrogens with one attached hydrogen (secondary N) is 1. The zero-order valence-corrected chi connectivity index (χ0v) is 7.78. The summed E-state index contributed by atoms with van der Waals surface area (Å²) in [4.78, 5) is 10.6. The van der Waals surface area contributed by atoms with Crippen LogP contribution in [-0.2, 0) is 18.2 Å². The lowest BCUT2D eigenvalue weighted by atomic mass is 10.3. The first-order valence-corrected chi connectivity index (χ1v) is 4.02. The number of hydrogen-bond donors (Lipinski definition) is 1. The molecule has 1 rings (SSSR count). The molecule has 0 aliphatic carbocycles. The number of carbonyl (C=O) groups excluding carboxylic acids is 1. The molecule has 1 aromatic heterocycles. The van der Waals surface area contributed by atoms with Gasteiger partial charge in [0.1, 0.15) is 0 Å². The summed E-state index contributed by atoms with van der Waals surface area (Å²) in [5.41, 5.74) is 0.957. The van der Waals surface area contributed by atoms with Gasteiger partial charge in [0.25, 0.3) is 0 Å². The third-order valence-electron chi connectivity index (χ3n) is 1.60. The quantitative estimate of drug-likeness (QED) is 0.734. The van der Waals surface area contributed by atoms with Crippen LogP contribution in [0.2, 0.25) is 0 Å². The van der Waals surface area contributed by atoms with Crippen LogP contribution in [0.4, 0.5) is 4.79 Å². The predicted molar refractivity (Wildman–Crippen MR) is 47.3 cm³/mol. The van der Waals surface area contributed by atoms with E-state index in [0.717, 1.165) is 12.1 Å². The van der Waals surface area contributed by atoms with E-state index in [0.29, 0.717) is 6.54 Å². The van der Waals surface area contributed by atoms with Gasteiger partial charge in [0, 0.05) is 26.2 Å². The smallest absolute Gasteiger partial charge is 0.406 e. The lowest BCUT2D eigenvalue weighted by Crippen LogP contribution is -2.25. The van der Waals surface area contributed by atoms with Crippen molar-refractivity contribution in [3.05, 3.63) is 18.0 Å². The minimum absolute atomic E-state index is 0.407. The summed E-state index contributed by atoms with van der Waals surface area (Å²) in [6, 6.07) is 1.92. The topological polar surface area (TPSA) is 56.1 Å². The summed E-state index contributed by atoms with van der Waals surface area (Å²) in [6.07, 6.45) is 2.18. The summed E-state index contributed by atoms with van der Waals surface area (Å²) < 4.78 is 6.15. The van der Waals surface area contributed by atoms with Gasteiger partial charge in [0.2, 0.25) is 0 Å². The molecule has 0 aromatic carbocycles. The fraction of sp³-hybridized carbons (Fsp3) is 0.500. The van der Waals surface area contributed by atoms with Crippen molar-refractivity contribution in [1.82, 2.24) is 15.1 Å². The van der Waals surface area contributed by atoms with Crippen molar-refractivity contribution >= 4 is 6.09 Å². The Morgan fingerprint density at radius 2 is 2.54 bits per heavy atom. The molecule has 13 heavy (non-hydrogen) atoms. The van der Waals surface area contributed by atoms with Crippen LogP contribution in [0.3, 0.4) is 0 Å². The summed E-state index contributed by atoms with van der Waals surface area (Å²) in [7, 11) is 3.20. The van der Waals surface area contributed by atoms with E-state index in [2.05, 4.69) is 15.2 Å². The molecular weight excluding hydrogens is 170 g/mol. The van der Waals surface area contributed by atoms with E-state index in [9.17, 15) is 4.79 Å². The number of carbonyl (C=O) groups is 1. The number of nitrogens with zero attached hydrogens (tertiary/aromatic N) is 2. The number of aromatic nitrogens is 2.